The van der Waals surface area contributed by atoms with Crippen molar-refractivity contribution < 1.29 is 9.59 Å². The molecule has 0 radical (unpaired) electrons. The number of fused-ring (bicyclic) bond motifs is 1. The molecule has 1 aromatic heterocycles. The Bertz CT molecular complexity index is 1160. The second kappa shape index (κ2) is 9.18. The summed E-state index contributed by atoms with van der Waals surface area (Å²) in [4.78, 5) is 42.1. The van der Waals surface area contributed by atoms with E-state index in [1.807, 2.05) is 0 Å². The van der Waals surface area contributed by atoms with Crippen LogP contribution >= 0.6 is 12.2 Å². The highest BCUT2D eigenvalue weighted by Crippen LogP contribution is 2.22. The summed E-state index contributed by atoms with van der Waals surface area (Å²) >= 11 is 5.45. The molecule has 4 rings (SSSR count). The molecule has 1 aliphatic carbocycles. The van der Waals surface area contributed by atoms with Crippen LogP contribution in [-0.2, 0) is 11.3 Å². The SMILES string of the molecule is NC(=O)C1CCN(C(=O)c2ccc3c(=O)n(CCC4=CCCCC4)c(=S)[nH]c3c2)CC1. The molecule has 0 spiro atoms. The number of hydrogen-bond acceptors (Lipinski definition) is 4. The van der Waals surface area contributed by atoms with E-state index in [0.29, 0.717) is 53.7 Å². The maximum atomic E-state index is 13.0. The van der Waals surface area contributed by atoms with Crippen LogP contribution in [0.15, 0.2) is 34.6 Å². The average Bonchev–Trinajstić information content (AvgIpc) is 2.78. The minimum atomic E-state index is -0.304. The number of aromatic amines is 1. The Morgan fingerprint density at radius 1 is 1.19 bits per heavy atom. The molecule has 1 fully saturated rings. The molecular weight excluding hydrogens is 412 g/mol. The highest BCUT2D eigenvalue weighted by molar-refractivity contribution is 7.71. The first kappa shape index (κ1) is 21.5. The molecule has 0 bridgehead atoms. The number of benzene rings is 1. The highest BCUT2D eigenvalue weighted by Gasteiger charge is 2.26. The molecule has 31 heavy (non-hydrogen) atoms. The van der Waals surface area contributed by atoms with Crippen molar-refractivity contribution in [2.45, 2.75) is 51.5 Å². The van der Waals surface area contributed by atoms with Crippen LogP contribution in [0, 0.1) is 10.7 Å². The smallest absolute Gasteiger partial charge is 0.262 e. The number of carbonyl (C=O) groups is 2. The predicted molar refractivity (Wildman–Crippen MR) is 122 cm³/mol. The number of hydrogen-bond donors (Lipinski definition) is 2. The predicted octanol–water partition coefficient (Wildman–Crippen LogP) is 3.29. The number of nitrogens with two attached hydrogens (primary N) is 1. The van der Waals surface area contributed by atoms with Crippen molar-refractivity contribution in [2.24, 2.45) is 11.7 Å². The van der Waals surface area contributed by atoms with Gasteiger partial charge in [-0.25, -0.2) is 0 Å². The van der Waals surface area contributed by atoms with E-state index in [1.165, 1.54) is 18.4 Å². The second-order valence-corrected chi connectivity index (χ2v) is 8.86. The molecular formula is C23H28N4O3S. The van der Waals surface area contributed by atoms with Gasteiger partial charge in [-0.3, -0.25) is 19.0 Å². The number of aromatic nitrogens is 2. The van der Waals surface area contributed by atoms with Gasteiger partial charge >= 0.3 is 0 Å². The normalized spacial score (nSPS) is 17.5. The zero-order valence-corrected chi connectivity index (χ0v) is 18.4. The third kappa shape index (κ3) is 4.63. The molecule has 0 atom stereocenters. The summed E-state index contributed by atoms with van der Waals surface area (Å²) in [6, 6.07) is 5.09. The van der Waals surface area contributed by atoms with Crippen LogP contribution in [-0.4, -0.2) is 39.4 Å². The number of amides is 2. The fourth-order valence-electron chi connectivity index (χ4n) is 4.53. The van der Waals surface area contributed by atoms with Gasteiger partial charge in [-0.2, -0.15) is 0 Å². The number of allylic oxidation sites excluding steroid dienone is 2. The van der Waals surface area contributed by atoms with Crippen molar-refractivity contribution in [3.63, 3.8) is 0 Å². The molecule has 1 aromatic carbocycles. The summed E-state index contributed by atoms with van der Waals surface area (Å²) in [5, 5.41) is 0.523. The first-order valence-corrected chi connectivity index (χ1v) is 11.4. The molecule has 8 heteroatoms. The van der Waals surface area contributed by atoms with E-state index >= 15 is 0 Å². The number of carbonyl (C=O) groups excluding carboxylic acids is 2. The van der Waals surface area contributed by atoms with Crippen molar-refractivity contribution in [1.29, 1.82) is 0 Å². The summed E-state index contributed by atoms with van der Waals surface area (Å²) < 4.78 is 1.99. The largest absolute Gasteiger partial charge is 0.369 e. The third-order valence-electron chi connectivity index (χ3n) is 6.45. The van der Waals surface area contributed by atoms with Gasteiger partial charge in [0.1, 0.15) is 0 Å². The minimum absolute atomic E-state index is 0.113. The lowest BCUT2D eigenvalue weighted by Gasteiger charge is -2.30. The van der Waals surface area contributed by atoms with Gasteiger partial charge in [0.15, 0.2) is 4.77 Å². The quantitative estimate of drug-likeness (QED) is 0.550. The number of nitrogens with one attached hydrogen (secondary N) is 1. The third-order valence-corrected chi connectivity index (χ3v) is 6.78. The Morgan fingerprint density at radius 2 is 1.97 bits per heavy atom. The molecule has 7 nitrogen and oxygen atoms in total. The van der Waals surface area contributed by atoms with Crippen LogP contribution < -0.4 is 11.3 Å². The van der Waals surface area contributed by atoms with E-state index in [9.17, 15) is 14.4 Å². The Balaban J connectivity index is 1.54. The van der Waals surface area contributed by atoms with Crippen LogP contribution in [0.3, 0.4) is 0 Å². The van der Waals surface area contributed by atoms with E-state index in [-0.39, 0.29) is 23.3 Å². The van der Waals surface area contributed by atoms with Crippen LogP contribution in [0.25, 0.3) is 10.9 Å². The number of H-pyrrole nitrogens is 1. The molecule has 164 valence electrons. The summed E-state index contributed by atoms with van der Waals surface area (Å²) in [5.74, 6) is -0.585. The van der Waals surface area contributed by atoms with Gasteiger partial charge in [0.2, 0.25) is 5.91 Å². The Morgan fingerprint density at radius 3 is 2.65 bits per heavy atom. The van der Waals surface area contributed by atoms with Crippen LogP contribution in [0.1, 0.15) is 55.3 Å². The van der Waals surface area contributed by atoms with Gasteiger partial charge in [0.05, 0.1) is 10.9 Å². The van der Waals surface area contributed by atoms with Crippen LogP contribution in [0.5, 0.6) is 0 Å². The lowest BCUT2D eigenvalue weighted by atomic mass is 9.96. The first-order chi connectivity index (χ1) is 14.9. The van der Waals surface area contributed by atoms with Crippen molar-refractivity contribution >= 4 is 34.9 Å². The van der Waals surface area contributed by atoms with E-state index in [2.05, 4.69) is 11.1 Å². The zero-order valence-electron chi connectivity index (χ0n) is 17.6. The zero-order chi connectivity index (χ0) is 22.0. The molecule has 0 unspecified atom stereocenters. The Hall–Kier alpha value is -2.74. The van der Waals surface area contributed by atoms with Crippen molar-refractivity contribution in [3.8, 4) is 0 Å². The fraction of sp³-hybridized carbons (Fsp3) is 0.478. The van der Waals surface area contributed by atoms with Gasteiger partial charge in [0.25, 0.3) is 11.5 Å². The van der Waals surface area contributed by atoms with Gasteiger partial charge in [0, 0.05) is 31.1 Å². The van der Waals surface area contributed by atoms with E-state index in [4.69, 9.17) is 18.0 Å². The number of likely N-dealkylation sites (tertiary alicyclic amines) is 1. The highest BCUT2D eigenvalue weighted by atomic mass is 32.1. The summed E-state index contributed by atoms with van der Waals surface area (Å²) in [6.45, 7) is 1.56. The standard InChI is InChI=1S/C23H28N4O3S/c24-20(28)16-9-11-26(12-10-16)21(29)17-6-7-18-19(14-17)25-23(31)27(22(18)30)13-8-15-4-2-1-3-5-15/h4,6-7,14,16H,1-3,5,8-13H2,(H2,24,28)(H,25,31). The molecule has 1 aliphatic heterocycles. The van der Waals surface area contributed by atoms with E-state index < -0.39 is 0 Å². The average molecular weight is 441 g/mol. The van der Waals surface area contributed by atoms with Gasteiger partial charge in [-0.15, -0.1) is 0 Å². The van der Waals surface area contributed by atoms with E-state index in [0.717, 1.165) is 19.3 Å². The Labute approximate surface area is 185 Å². The number of rotatable bonds is 5. The number of nitrogens with zero attached hydrogens (tertiary/aromatic N) is 2. The van der Waals surface area contributed by atoms with Crippen LogP contribution in [0.4, 0.5) is 0 Å². The Kier molecular flexibility index (Phi) is 6.36. The maximum absolute atomic E-state index is 13.0. The first-order valence-electron chi connectivity index (χ1n) is 11.0. The van der Waals surface area contributed by atoms with Gasteiger partial charge < -0.3 is 15.6 Å². The molecule has 0 saturated carbocycles. The topological polar surface area (TPSA) is 101 Å². The fourth-order valence-corrected chi connectivity index (χ4v) is 4.81. The van der Waals surface area contributed by atoms with Gasteiger partial charge in [-0.05, 0) is 75.4 Å². The molecule has 2 aliphatic rings. The molecule has 2 amide bonds. The lowest BCUT2D eigenvalue weighted by Crippen LogP contribution is -2.41. The van der Waals surface area contributed by atoms with Crippen molar-refractivity contribution in [2.75, 3.05) is 13.1 Å². The number of piperidine rings is 1. The van der Waals surface area contributed by atoms with Crippen LogP contribution in [0.2, 0.25) is 0 Å². The van der Waals surface area contributed by atoms with Gasteiger partial charge in [-0.1, -0.05) is 11.6 Å². The molecule has 2 aromatic rings. The second-order valence-electron chi connectivity index (χ2n) is 8.47. The van der Waals surface area contributed by atoms with Crippen molar-refractivity contribution in [1.82, 2.24) is 14.5 Å². The summed E-state index contributed by atoms with van der Waals surface area (Å²) in [7, 11) is 0. The van der Waals surface area contributed by atoms with Crippen molar-refractivity contribution in [3.05, 3.63) is 50.5 Å². The molecule has 2 heterocycles. The maximum Gasteiger partial charge on any atom is 0.262 e. The summed E-state index contributed by atoms with van der Waals surface area (Å²) in [6.07, 6.45) is 8.95. The summed E-state index contributed by atoms with van der Waals surface area (Å²) in [5.41, 5.74) is 7.71. The lowest BCUT2D eigenvalue weighted by molar-refractivity contribution is -0.123. The number of primary amides is 1. The molecule has 1 saturated heterocycles. The monoisotopic (exact) mass is 440 g/mol. The van der Waals surface area contributed by atoms with E-state index in [1.54, 1.807) is 27.7 Å². The minimum Gasteiger partial charge on any atom is -0.369 e. The molecule has 3 N–H and O–H groups in total.